The predicted octanol–water partition coefficient (Wildman–Crippen LogP) is 0.670. The van der Waals surface area contributed by atoms with Crippen LogP contribution in [0, 0.1) is 5.92 Å². The number of nitrogens with zero attached hydrogens (tertiary/aromatic N) is 1. The average molecular weight is 139 g/mol. The summed E-state index contributed by atoms with van der Waals surface area (Å²) in [6, 6.07) is 0.282. The Bertz CT molecular complexity index is 167. The minimum Gasteiger partial charge on any atom is -0.298 e. The lowest BCUT2D eigenvalue weighted by atomic mass is 9.79. The van der Waals surface area contributed by atoms with Gasteiger partial charge in [0.15, 0.2) is 0 Å². The molecule has 0 aromatic rings. The first kappa shape index (κ1) is 6.35. The Morgan fingerprint density at radius 2 is 2.30 bits per heavy atom. The fraction of sp³-hybridized carbons (Fsp3) is 0.875. The van der Waals surface area contributed by atoms with Gasteiger partial charge in [0.25, 0.3) is 0 Å². The largest absolute Gasteiger partial charge is 0.298 e. The molecule has 2 nitrogen and oxygen atoms in total. The van der Waals surface area contributed by atoms with Crippen LogP contribution in [0.25, 0.3) is 0 Å². The van der Waals surface area contributed by atoms with Crippen molar-refractivity contribution in [3.05, 3.63) is 0 Å². The second-order valence-electron chi connectivity index (χ2n) is 3.57. The van der Waals surface area contributed by atoms with Crippen molar-refractivity contribution >= 4 is 5.78 Å². The standard InChI is InChI=1S/C8H13NO/c1-9-5-6-2-3-7(9)8(10)4-6/h6-7H,2-5H2,1H3. The van der Waals surface area contributed by atoms with Crippen LogP contribution >= 0.6 is 0 Å². The van der Waals surface area contributed by atoms with E-state index in [1.165, 1.54) is 6.42 Å². The molecular formula is C8H13NO. The third-order valence-corrected chi connectivity index (χ3v) is 2.79. The summed E-state index contributed by atoms with van der Waals surface area (Å²) in [5, 5.41) is 0. The van der Waals surface area contributed by atoms with Crippen molar-refractivity contribution in [1.29, 1.82) is 0 Å². The summed E-state index contributed by atoms with van der Waals surface area (Å²) in [4.78, 5) is 13.4. The lowest BCUT2D eigenvalue weighted by molar-refractivity contribution is -0.131. The smallest absolute Gasteiger partial charge is 0.150 e. The van der Waals surface area contributed by atoms with E-state index in [2.05, 4.69) is 11.9 Å². The molecule has 2 atom stereocenters. The molecule has 56 valence electrons. The maximum absolute atomic E-state index is 11.2. The molecule has 0 N–H and O–H groups in total. The van der Waals surface area contributed by atoms with E-state index in [0.29, 0.717) is 11.7 Å². The van der Waals surface area contributed by atoms with Crippen LogP contribution in [0.1, 0.15) is 19.3 Å². The summed E-state index contributed by atoms with van der Waals surface area (Å²) in [6.45, 7) is 1.15. The van der Waals surface area contributed by atoms with E-state index in [-0.39, 0.29) is 6.04 Å². The fourth-order valence-corrected chi connectivity index (χ4v) is 2.23. The SMILES string of the molecule is CN1CC2CCC1C(=O)C2. The Balaban J connectivity index is 2.18. The molecule has 1 aliphatic carbocycles. The number of fused-ring (bicyclic) bond motifs is 3. The van der Waals surface area contributed by atoms with Crippen molar-refractivity contribution in [3.63, 3.8) is 0 Å². The summed E-state index contributed by atoms with van der Waals surface area (Å²) in [5.74, 6) is 1.16. The van der Waals surface area contributed by atoms with Crippen molar-refractivity contribution in [3.8, 4) is 0 Å². The normalized spacial score (nSPS) is 40.7. The van der Waals surface area contributed by atoms with Crippen molar-refractivity contribution in [1.82, 2.24) is 4.90 Å². The van der Waals surface area contributed by atoms with E-state index in [4.69, 9.17) is 0 Å². The number of carbonyl (C=O) groups excluding carboxylic acids is 1. The third-order valence-electron chi connectivity index (χ3n) is 2.79. The first-order valence-corrected chi connectivity index (χ1v) is 4.00. The molecule has 2 saturated heterocycles. The van der Waals surface area contributed by atoms with Crippen LogP contribution in [0.4, 0.5) is 0 Å². The highest BCUT2D eigenvalue weighted by molar-refractivity contribution is 5.85. The molecule has 2 heterocycles. The Morgan fingerprint density at radius 1 is 1.50 bits per heavy atom. The number of ketones is 1. The molecule has 2 unspecified atom stereocenters. The second kappa shape index (κ2) is 2.06. The Morgan fingerprint density at radius 3 is 2.70 bits per heavy atom. The Hall–Kier alpha value is -0.370. The Kier molecular flexibility index (Phi) is 1.31. The lowest BCUT2D eigenvalue weighted by Crippen LogP contribution is -2.51. The van der Waals surface area contributed by atoms with Gasteiger partial charge < -0.3 is 0 Å². The molecule has 2 bridgehead atoms. The summed E-state index contributed by atoms with van der Waals surface area (Å²) in [7, 11) is 2.06. The predicted molar refractivity (Wildman–Crippen MR) is 38.8 cm³/mol. The average Bonchev–Trinajstić information content (AvgIpc) is 1.86. The van der Waals surface area contributed by atoms with Crippen LogP contribution in [0.2, 0.25) is 0 Å². The van der Waals surface area contributed by atoms with Gasteiger partial charge in [-0.2, -0.15) is 0 Å². The number of likely N-dealkylation sites (N-methyl/N-ethyl adjacent to an activating group) is 1. The zero-order valence-corrected chi connectivity index (χ0v) is 6.34. The molecule has 3 fully saturated rings. The van der Waals surface area contributed by atoms with Crippen molar-refractivity contribution < 1.29 is 4.79 Å². The molecule has 2 heteroatoms. The van der Waals surface area contributed by atoms with Crippen LogP contribution in [-0.2, 0) is 4.79 Å². The van der Waals surface area contributed by atoms with Gasteiger partial charge in [-0.15, -0.1) is 0 Å². The van der Waals surface area contributed by atoms with E-state index < -0.39 is 0 Å². The van der Waals surface area contributed by atoms with E-state index in [0.717, 1.165) is 19.4 Å². The van der Waals surface area contributed by atoms with Crippen LogP contribution in [0.5, 0.6) is 0 Å². The third kappa shape index (κ3) is 0.788. The number of piperidine rings is 2. The second-order valence-corrected chi connectivity index (χ2v) is 3.57. The van der Waals surface area contributed by atoms with E-state index >= 15 is 0 Å². The van der Waals surface area contributed by atoms with Gasteiger partial charge in [0.2, 0.25) is 0 Å². The molecule has 0 amide bonds. The van der Waals surface area contributed by atoms with Crippen LogP contribution in [0.3, 0.4) is 0 Å². The molecule has 1 saturated carbocycles. The zero-order valence-electron chi connectivity index (χ0n) is 6.34. The highest BCUT2D eigenvalue weighted by Crippen LogP contribution is 2.31. The van der Waals surface area contributed by atoms with Gasteiger partial charge in [-0.05, 0) is 25.8 Å². The van der Waals surface area contributed by atoms with Crippen LogP contribution in [0.15, 0.2) is 0 Å². The van der Waals surface area contributed by atoms with Gasteiger partial charge >= 0.3 is 0 Å². The van der Waals surface area contributed by atoms with E-state index in [1.807, 2.05) is 0 Å². The highest BCUT2D eigenvalue weighted by atomic mass is 16.1. The summed E-state index contributed by atoms with van der Waals surface area (Å²) >= 11 is 0. The van der Waals surface area contributed by atoms with Gasteiger partial charge in [-0.3, -0.25) is 9.69 Å². The van der Waals surface area contributed by atoms with Gasteiger partial charge in [-0.1, -0.05) is 0 Å². The lowest BCUT2D eigenvalue weighted by Gasteiger charge is -2.41. The van der Waals surface area contributed by atoms with E-state index in [9.17, 15) is 4.79 Å². The number of rotatable bonds is 0. The zero-order chi connectivity index (χ0) is 7.14. The van der Waals surface area contributed by atoms with Crippen molar-refractivity contribution in [2.45, 2.75) is 25.3 Å². The monoisotopic (exact) mass is 139 g/mol. The summed E-state index contributed by atoms with van der Waals surface area (Å²) in [5.41, 5.74) is 0. The topological polar surface area (TPSA) is 20.3 Å². The number of carbonyl (C=O) groups is 1. The molecule has 0 aromatic carbocycles. The van der Waals surface area contributed by atoms with Crippen LogP contribution in [-0.4, -0.2) is 30.3 Å². The first-order chi connectivity index (χ1) is 4.77. The molecule has 3 rings (SSSR count). The molecule has 0 spiro atoms. The fourth-order valence-electron chi connectivity index (χ4n) is 2.23. The summed E-state index contributed by atoms with van der Waals surface area (Å²) < 4.78 is 0. The van der Waals surface area contributed by atoms with Gasteiger partial charge in [0.05, 0.1) is 6.04 Å². The maximum Gasteiger partial charge on any atom is 0.150 e. The molecule has 0 radical (unpaired) electrons. The van der Waals surface area contributed by atoms with E-state index in [1.54, 1.807) is 0 Å². The quantitative estimate of drug-likeness (QED) is 0.491. The molecule has 10 heavy (non-hydrogen) atoms. The van der Waals surface area contributed by atoms with Gasteiger partial charge in [0.1, 0.15) is 5.78 Å². The molecular weight excluding hydrogens is 126 g/mol. The number of Topliss-reactive ketones (excluding diaryl/α,β-unsaturated/α-hetero) is 1. The van der Waals surface area contributed by atoms with Gasteiger partial charge in [-0.25, -0.2) is 0 Å². The van der Waals surface area contributed by atoms with Crippen LogP contribution < -0.4 is 0 Å². The first-order valence-electron chi connectivity index (χ1n) is 4.00. The van der Waals surface area contributed by atoms with Gasteiger partial charge in [0, 0.05) is 13.0 Å². The maximum atomic E-state index is 11.2. The molecule has 2 aliphatic heterocycles. The molecule has 3 aliphatic rings. The Labute approximate surface area is 61.2 Å². The summed E-state index contributed by atoms with van der Waals surface area (Å²) in [6.07, 6.45) is 3.25. The minimum atomic E-state index is 0.282. The van der Waals surface area contributed by atoms with Crippen molar-refractivity contribution in [2.75, 3.05) is 13.6 Å². The number of hydrogen-bond donors (Lipinski definition) is 0. The molecule has 0 aromatic heterocycles. The number of hydrogen-bond acceptors (Lipinski definition) is 2. The highest BCUT2D eigenvalue weighted by Gasteiger charge is 2.37. The van der Waals surface area contributed by atoms with Crippen molar-refractivity contribution in [2.24, 2.45) is 5.92 Å². The minimum absolute atomic E-state index is 0.282.